The lowest BCUT2D eigenvalue weighted by Gasteiger charge is -2.05. The molecule has 0 amide bonds. The van der Waals surface area contributed by atoms with Crippen molar-refractivity contribution in [1.82, 2.24) is 4.98 Å². The Bertz CT molecular complexity index is 516. The van der Waals surface area contributed by atoms with Gasteiger partial charge in [0.2, 0.25) is 0 Å². The highest BCUT2D eigenvalue weighted by Crippen LogP contribution is 2.34. The third-order valence-corrected chi connectivity index (χ3v) is 4.04. The number of benzene rings is 1. The van der Waals surface area contributed by atoms with Crippen molar-refractivity contribution < 1.29 is 4.74 Å². The maximum atomic E-state index is 5.70. The molecule has 2 rings (SSSR count). The van der Waals surface area contributed by atoms with E-state index in [2.05, 4.69) is 32.9 Å². The van der Waals surface area contributed by atoms with E-state index in [-0.39, 0.29) is 0 Å². The number of rotatable bonds is 4. The smallest absolute Gasteiger partial charge is 0.146 e. The number of ether oxygens (including phenoxy) is 1. The number of aromatic nitrogens is 1. The molecule has 0 saturated heterocycles. The first-order chi connectivity index (χ1) is 8.15. The zero-order chi connectivity index (χ0) is 12.4. The Balaban J connectivity index is 2.59. The van der Waals surface area contributed by atoms with Crippen LogP contribution in [0.2, 0.25) is 0 Å². The van der Waals surface area contributed by atoms with Crippen molar-refractivity contribution in [3.8, 4) is 5.75 Å². The average molecular weight is 249 g/mol. The summed E-state index contributed by atoms with van der Waals surface area (Å²) in [6, 6.07) is 4.36. The minimum atomic E-state index is 0.479. The number of thiazole rings is 1. The van der Waals surface area contributed by atoms with Crippen molar-refractivity contribution in [3.05, 3.63) is 22.7 Å². The molecule has 0 saturated carbocycles. The third kappa shape index (κ3) is 2.44. The molecule has 0 spiro atoms. The van der Waals surface area contributed by atoms with Crippen LogP contribution in [-0.2, 0) is 6.42 Å². The summed E-state index contributed by atoms with van der Waals surface area (Å²) in [5.74, 6) is 1.41. The van der Waals surface area contributed by atoms with E-state index in [4.69, 9.17) is 9.72 Å². The van der Waals surface area contributed by atoms with Crippen LogP contribution in [0.25, 0.3) is 10.2 Å². The normalized spacial score (nSPS) is 11.4. The van der Waals surface area contributed by atoms with Crippen molar-refractivity contribution in [1.29, 1.82) is 0 Å². The monoisotopic (exact) mass is 249 g/mol. The van der Waals surface area contributed by atoms with Gasteiger partial charge in [0.05, 0.1) is 16.3 Å². The molecule has 0 bridgehead atoms. The Hall–Kier alpha value is -1.09. The highest BCUT2D eigenvalue weighted by atomic mass is 32.1. The zero-order valence-electron chi connectivity index (χ0n) is 10.9. The summed E-state index contributed by atoms with van der Waals surface area (Å²) in [6.07, 6.45) is 1.03. The van der Waals surface area contributed by atoms with Crippen molar-refractivity contribution in [2.75, 3.05) is 6.61 Å². The van der Waals surface area contributed by atoms with Gasteiger partial charge in [-0.25, -0.2) is 4.98 Å². The highest BCUT2D eigenvalue weighted by Gasteiger charge is 2.12. The summed E-state index contributed by atoms with van der Waals surface area (Å²) in [7, 11) is 0. The van der Waals surface area contributed by atoms with Crippen LogP contribution in [0.3, 0.4) is 0 Å². The van der Waals surface area contributed by atoms with Gasteiger partial charge < -0.3 is 4.74 Å². The number of nitrogens with zero attached hydrogens (tertiary/aromatic N) is 1. The molecule has 0 aliphatic rings. The van der Waals surface area contributed by atoms with Gasteiger partial charge in [0, 0.05) is 5.92 Å². The van der Waals surface area contributed by atoms with Gasteiger partial charge in [-0.05, 0) is 31.0 Å². The topological polar surface area (TPSA) is 22.1 Å². The molecule has 1 aromatic carbocycles. The lowest BCUT2D eigenvalue weighted by Crippen LogP contribution is -1.94. The predicted octanol–water partition coefficient (Wildman–Crippen LogP) is 4.38. The van der Waals surface area contributed by atoms with Crippen LogP contribution in [0.4, 0.5) is 0 Å². The second kappa shape index (κ2) is 5.05. The first-order valence-corrected chi connectivity index (χ1v) is 7.03. The first-order valence-electron chi connectivity index (χ1n) is 6.21. The summed E-state index contributed by atoms with van der Waals surface area (Å²) >= 11 is 1.78. The maximum absolute atomic E-state index is 5.70. The van der Waals surface area contributed by atoms with E-state index in [0.717, 1.165) is 17.7 Å². The molecule has 0 fully saturated rings. The van der Waals surface area contributed by atoms with E-state index in [1.54, 1.807) is 11.3 Å². The van der Waals surface area contributed by atoms with Crippen LogP contribution in [0.1, 0.15) is 44.2 Å². The lowest BCUT2D eigenvalue weighted by molar-refractivity contribution is 0.343. The molecular weight excluding hydrogens is 230 g/mol. The molecule has 0 atom stereocenters. The molecule has 0 unspecified atom stereocenters. The van der Waals surface area contributed by atoms with Crippen LogP contribution < -0.4 is 4.74 Å². The number of fused-ring (bicyclic) bond motifs is 1. The second-order valence-electron chi connectivity index (χ2n) is 4.43. The fraction of sp³-hybridized carbons (Fsp3) is 0.500. The van der Waals surface area contributed by atoms with Crippen molar-refractivity contribution in [2.24, 2.45) is 0 Å². The molecular formula is C14H19NOS. The lowest BCUT2D eigenvalue weighted by atomic mass is 10.1. The van der Waals surface area contributed by atoms with E-state index in [1.165, 1.54) is 15.3 Å². The van der Waals surface area contributed by atoms with Crippen molar-refractivity contribution in [2.45, 2.75) is 40.0 Å². The van der Waals surface area contributed by atoms with Crippen molar-refractivity contribution in [3.63, 3.8) is 0 Å². The second-order valence-corrected chi connectivity index (χ2v) is 5.50. The largest absolute Gasteiger partial charge is 0.492 e. The average Bonchev–Trinajstić information content (AvgIpc) is 2.73. The van der Waals surface area contributed by atoms with Crippen molar-refractivity contribution >= 4 is 21.6 Å². The first kappa shape index (κ1) is 12.4. The molecule has 3 heteroatoms. The fourth-order valence-electron chi connectivity index (χ4n) is 1.79. The van der Waals surface area contributed by atoms with E-state index >= 15 is 0 Å². The van der Waals surface area contributed by atoms with Gasteiger partial charge >= 0.3 is 0 Å². The third-order valence-electron chi connectivity index (χ3n) is 2.74. The van der Waals surface area contributed by atoms with Crippen LogP contribution >= 0.6 is 11.3 Å². The minimum absolute atomic E-state index is 0.479. The van der Waals surface area contributed by atoms with Crippen LogP contribution in [0.15, 0.2) is 12.1 Å². The Morgan fingerprint density at radius 2 is 2.06 bits per heavy atom. The molecule has 0 aliphatic carbocycles. The SMILES string of the molecule is CCOc1cc(CC)cc2sc(C(C)C)nc12. The Labute approximate surface area is 107 Å². The molecule has 2 nitrogen and oxygen atoms in total. The van der Waals surface area contributed by atoms with Gasteiger partial charge in [-0.3, -0.25) is 0 Å². The molecule has 0 N–H and O–H groups in total. The summed E-state index contributed by atoms with van der Waals surface area (Å²) in [5, 5.41) is 1.19. The summed E-state index contributed by atoms with van der Waals surface area (Å²) in [5.41, 5.74) is 2.35. The van der Waals surface area contributed by atoms with Gasteiger partial charge in [0.25, 0.3) is 0 Å². The fourth-order valence-corrected chi connectivity index (χ4v) is 2.84. The summed E-state index contributed by atoms with van der Waals surface area (Å²) in [4.78, 5) is 4.70. The number of hydrogen-bond acceptors (Lipinski definition) is 3. The number of hydrogen-bond donors (Lipinski definition) is 0. The summed E-state index contributed by atoms with van der Waals surface area (Å²) < 4.78 is 6.95. The van der Waals surface area contributed by atoms with Crippen LogP contribution in [0.5, 0.6) is 5.75 Å². The van der Waals surface area contributed by atoms with Crippen LogP contribution in [0, 0.1) is 0 Å². The number of aryl methyl sites for hydroxylation is 1. The van der Waals surface area contributed by atoms with E-state index in [1.807, 2.05) is 6.92 Å². The quantitative estimate of drug-likeness (QED) is 0.802. The Morgan fingerprint density at radius 1 is 1.29 bits per heavy atom. The molecule has 0 radical (unpaired) electrons. The van der Waals surface area contributed by atoms with Gasteiger partial charge in [-0.15, -0.1) is 11.3 Å². The van der Waals surface area contributed by atoms with Gasteiger partial charge in [-0.2, -0.15) is 0 Å². The molecule has 1 aromatic heterocycles. The Kier molecular flexibility index (Phi) is 3.67. The molecule has 1 heterocycles. The molecule has 2 aromatic rings. The maximum Gasteiger partial charge on any atom is 0.146 e. The minimum Gasteiger partial charge on any atom is -0.492 e. The van der Waals surface area contributed by atoms with E-state index < -0.39 is 0 Å². The predicted molar refractivity (Wildman–Crippen MR) is 74.3 cm³/mol. The van der Waals surface area contributed by atoms with Gasteiger partial charge in [0.15, 0.2) is 0 Å². The zero-order valence-corrected chi connectivity index (χ0v) is 11.7. The van der Waals surface area contributed by atoms with Gasteiger partial charge in [0.1, 0.15) is 11.3 Å². The Morgan fingerprint density at radius 3 is 2.65 bits per heavy atom. The standard InChI is InChI=1S/C14H19NOS/c1-5-10-7-11(16-6-2)13-12(8-10)17-14(15-13)9(3)4/h7-9H,5-6H2,1-4H3. The summed E-state index contributed by atoms with van der Waals surface area (Å²) in [6.45, 7) is 9.23. The highest BCUT2D eigenvalue weighted by molar-refractivity contribution is 7.18. The molecule has 0 aliphatic heterocycles. The van der Waals surface area contributed by atoms with E-state index in [0.29, 0.717) is 12.5 Å². The van der Waals surface area contributed by atoms with E-state index in [9.17, 15) is 0 Å². The van der Waals surface area contributed by atoms with Gasteiger partial charge in [-0.1, -0.05) is 20.8 Å². The molecule has 17 heavy (non-hydrogen) atoms. The molecule has 92 valence electrons. The van der Waals surface area contributed by atoms with Crippen LogP contribution in [-0.4, -0.2) is 11.6 Å².